The van der Waals surface area contributed by atoms with E-state index < -0.39 is 10.0 Å². The fourth-order valence-electron chi connectivity index (χ4n) is 3.69. The Labute approximate surface area is 190 Å². The van der Waals surface area contributed by atoms with Crippen LogP contribution in [0, 0.1) is 0 Å². The Morgan fingerprint density at radius 3 is 2.33 bits per heavy atom. The van der Waals surface area contributed by atoms with Crippen molar-refractivity contribution in [1.82, 2.24) is 9.62 Å². The average Bonchev–Trinajstić information content (AvgIpc) is 2.73. The summed E-state index contributed by atoms with van der Waals surface area (Å²) in [6.07, 6.45) is 8.48. The number of sulfonamides is 1. The predicted molar refractivity (Wildman–Crippen MR) is 124 cm³/mol. The zero-order valence-electron chi connectivity index (χ0n) is 18.3. The molecule has 1 N–H and O–H groups in total. The number of nitrogens with one attached hydrogen (secondary N) is 1. The fraction of sp³-hybridized carbons (Fsp3) is 0.727. The number of rotatable bonds is 14. The molecule has 0 aromatic heterocycles. The lowest BCUT2D eigenvalue weighted by molar-refractivity contribution is 0.0219. The van der Waals surface area contributed by atoms with Gasteiger partial charge in [0.05, 0.1) is 17.6 Å². The minimum Gasteiger partial charge on any atom is -0.383 e. The molecule has 1 aromatic carbocycles. The van der Waals surface area contributed by atoms with Gasteiger partial charge in [-0.2, -0.15) is 0 Å². The van der Waals surface area contributed by atoms with Crippen molar-refractivity contribution in [2.45, 2.75) is 68.4 Å². The molecule has 0 unspecified atom stereocenters. The Kier molecular flexibility index (Phi) is 11.8. The number of halogens is 1. The molecule has 1 aliphatic carbocycles. The van der Waals surface area contributed by atoms with Gasteiger partial charge in [-0.3, -0.25) is 0 Å². The Balaban J connectivity index is 1.54. The van der Waals surface area contributed by atoms with Crippen molar-refractivity contribution >= 4 is 26.0 Å². The van der Waals surface area contributed by atoms with Gasteiger partial charge in [0.2, 0.25) is 10.0 Å². The summed E-state index contributed by atoms with van der Waals surface area (Å²) in [5.41, 5.74) is 0. The van der Waals surface area contributed by atoms with Crippen molar-refractivity contribution in [3.8, 4) is 0 Å². The number of hydrogen-bond acceptors (Lipinski definition) is 5. The van der Waals surface area contributed by atoms with Crippen molar-refractivity contribution in [1.29, 1.82) is 0 Å². The van der Waals surface area contributed by atoms with E-state index in [0.717, 1.165) is 62.9 Å². The molecule has 1 saturated carbocycles. The van der Waals surface area contributed by atoms with Crippen LogP contribution in [0.4, 0.5) is 0 Å². The zero-order valence-corrected chi connectivity index (χ0v) is 20.7. The molecule has 0 saturated heterocycles. The summed E-state index contributed by atoms with van der Waals surface area (Å²) < 4.78 is 39.9. The van der Waals surface area contributed by atoms with Gasteiger partial charge in [0.15, 0.2) is 0 Å². The van der Waals surface area contributed by atoms with E-state index in [1.165, 1.54) is 19.3 Å². The van der Waals surface area contributed by atoms with Crippen molar-refractivity contribution < 1.29 is 17.9 Å². The van der Waals surface area contributed by atoms with Gasteiger partial charge in [0, 0.05) is 30.8 Å². The van der Waals surface area contributed by atoms with Gasteiger partial charge in [-0.15, -0.1) is 0 Å². The molecule has 172 valence electrons. The number of benzene rings is 1. The molecule has 1 aromatic rings. The molecule has 0 amide bonds. The molecule has 8 heteroatoms. The second-order valence-corrected chi connectivity index (χ2v) is 10.8. The van der Waals surface area contributed by atoms with Gasteiger partial charge in [-0.25, -0.2) is 13.1 Å². The monoisotopic (exact) mass is 504 g/mol. The summed E-state index contributed by atoms with van der Waals surface area (Å²) in [5.74, 6) is 0. The highest BCUT2D eigenvalue weighted by molar-refractivity contribution is 9.10. The zero-order chi connectivity index (χ0) is 21.8. The van der Waals surface area contributed by atoms with Gasteiger partial charge < -0.3 is 14.4 Å². The lowest BCUT2D eigenvalue weighted by Crippen LogP contribution is -2.39. The maximum Gasteiger partial charge on any atom is 0.240 e. The smallest absolute Gasteiger partial charge is 0.240 e. The Morgan fingerprint density at radius 2 is 1.67 bits per heavy atom. The van der Waals surface area contributed by atoms with E-state index in [9.17, 15) is 8.42 Å². The van der Waals surface area contributed by atoms with Crippen molar-refractivity contribution in [2.75, 3.05) is 40.5 Å². The molecule has 0 heterocycles. The summed E-state index contributed by atoms with van der Waals surface area (Å²) in [5, 5.41) is 0. The first-order valence-electron chi connectivity index (χ1n) is 11.0. The lowest BCUT2D eigenvalue weighted by atomic mass is 9.94. The normalized spacial score (nSPS) is 20.0. The maximum absolute atomic E-state index is 12.5. The van der Waals surface area contributed by atoms with Crippen molar-refractivity contribution in [3.63, 3.8) is 0 Å². The quantitative estimate of drug-likeness (QED) is 0.384. The largest absolute Gasteiger partial charge is 0.383 e. The topological polar surface area (TPSA) is 67.9 Å². The molecule has 0 spiro atoms. The van der Waals surface area contributed by atoms with E-state index in [2.05, 4.69) is 32.6 Å². The molecular weight excluding hydrogens is 468 g/mol. The maximum atomic E-state index is 12.5. The van der Waals surface area contributed by atoms with E-state index in [1.54, 1.807) is 31.4 Å². The van der Waals surface area contributed by atoms with Crippen LogP contribution in [0.5, 0.6) is 0 Å². The number of ether oxygens (including phenoxy) is 2. The first-order valence-corrected chi connectivity index (χ1v) is 13.3. The molecule has 0 aliphatic heterocycles. The van der Waals surface area contributed by atoms with E-state index in [-0.39, 0.29) is 12.1 Å². The van der Waals surface area contributed by atoms with E-state index in [1.807, 2.05) is 0 Å². The van der Waals surface area contributed by atoms with E-state index in [0.29, 0.717) is 4.90 Å². The number of methoxy groups -OCH3 is 1. The third-order valence-corrected chi connectivity index (χ3v) is 7.65. The van der Waals surface area contributed by atoms with Crippen LogP contribution in [0.3, 0.4) is 0 Å². The number of nitrogens with zero attached hydrogens (tertiary/aromatic N) is 1. The summed E-state index contributed by atoms with van der Waals surface area (Å²) >= 11 is 3.33. The first kappa shape index (κ1) is 25.7. The molecule has 0 radical (unpaired) electrons. The van der Waals surface area contributed by atoms with Crippen LogP contribution < -0.4 is 4.72 Å². The summed E-state index contributed by atoms with van der Waals surface area (Å²) in [7, 11) is 0.418. The average molecular weight is 506 g/mol. The Morgan fingerprint density at radius 1 is 1.00 bits per heavy atom. The van der Waals surface area contributed by atoms with E-state index in [4.69, 9.17) is 9.47 Å². The standard InChI is InChI=1S/C22H37BrN2O4S/c1-25(16-18-28-2)15-5-3-4-6-17-29-21-11-9-20(10-12-21)24-30(26,27)22-13-7-19(23)8-14-22/h7-8,13-14,20-21,24H,3-6,9-12,15-18H2,1-2H3/t20-,21-. The van der Waals surface area contributed by atoms with Gasteiger partial charge in [-0.1, -0.05) is 28.8 Å². The van der Waals surface area contributed by atoms with Crippen LogP contribution in [-0.2, 0) is 19.5 Å². The molecule has 6 nitrogen and oxygen atoms in total. The summed E-state index contributed by atoms with van der Waals surface area (Å²) in [4.78, 5) is 2.62. The third kappa shape index (κ3) is 9.75. The highest BCUT2D eigenvalue weighted by atomic mass is 79.9. The van der Waals surface area contributed by atoms with Crippen LogP contribution in [-0.4, -0.2) is 65.9 Å². The van der Waals surface area contributed by atoms with Gasteiger partial charge >= 0.3 is 0 Å². The summed E-state index contributed by atoms with van der Waals surface area (Å²) in [6, 6.07) is 6.74. The second kappa shape index (κ2) is 13.8. The minimum atomic E-state index is -3.46. The van der Waals surface area contributed by atoms with Crippen LogP contribution in [0.1, 0.15) is 51.4 Å². The number of unbranched alkanes of at least 4 members (excludes halogenated alkanes) is 3. The molecule has 2 rings (SSSR count). The van der Waals surface area contributed by atoms with Crippen molar-refractivity contribution in [3.05, 3.63) is 28.7 Å². The van der Waals surface area contributed by atoms with Gasteiger partial charge in [-0.05, 0) is 76.4 Å². The van der Waals surface area contributed by atoms with E-state index >= 15 is 0 Å². The Hall–Kier alpha value is -0.510. The lowest BCUT2D eigenvalue weighted by Gasteiger charge is -2.29. The molecular formula is C22H37BrN2O4S. The van der Waals surface area contributed by atoms with Crippen molar-refractivity contribution in [2.24, 2.45) is 0 Å². The number of likely N-dealkylation sites (N-methyl/N-ethyl adjacent to an activating group) is 1. The number of hydrogen-bond donors (Lipinski definition) is 1. The van der Waals surface area contributed by atoms with Crippen LogP contribution in [0.15, 0.2) is 33.6 Å². The van der Waals surface area contributed by atoms with Crippen LogP contribution in [0.2, 0.25) is 0 Å². The third-order valence-electron chi connectivity index (χ3n) is 5.58. The van der Waals surface area contributed by atoms with Crippen LogP contribution >= 0.6 is 15.9 Å². The summed E-state index contributed by atoms with van der Waals surface area (Å²) in [6.45, 7) is 3.70. The predicted octanol–water partition coefficient (Wildman–Crippen LogP) is 4.19. The molecule has 1 aliphatic rings. The molecule has 0 bridgehead atoms. The molecule has 30 heavy (non-hydrogen) atoms. The first-order chi connectivity index (χ1) is 14.4. The molecule has 1 fully saturated rings. The van der Waals surface area contributed by atoms with Gasteiger partial charge in [0.1, 0.15) is 0 Å². The van der Waals surface area contributed by atoms with Crippen LogP contribution in [0.25, 0.3) is 0 Å². The molecule has 0 atom stereocenters. The second-order valence-electron chi connectivity index (χ2n) is 8.13. The SMILES string of the molecule is COCCN(C)CCCCCCO[C@H]1CC[C@H](NS(=O)(=O)c2ccc(Br)cc2)CC1. The van der Waals surface area contributed by atoms with Gasteiger partial charge in [0.25, 0.3) is 0 Å². The fourth-order valence-corrected chi connectivity index (χ4v) is 5.26. The highest BCUT2D eigenvalue weighted by Crippen LogP contribution is 2.23. The minimum absolute atomic E-state index is 0.00593. The Bertz CT molecular complexity index is 692. The highest BCUT2D eigenvalue weighted by Gasteiger charge is 2.26.